The van der Waals surface area contributed by atoms with E-state index in [-0.39, 0.29) is 12.1 Å². The highest BCUT2D eigenvalue weighted by molar-refractivity contribution is 7.10. The van der Waals surface area contributed by atoms with E-state index in [1.807, 2.05) is 69.5 Å². The van der Waals surface area contributed by atoms with Gasteiger partial charge in [-0.05, 0) is 86.5 Å². The molecule has 4 rings (SSSR count). The number of ether oxygens (including phenoxy) is 1. The van der Waals surface area contributed by atoms with Gasteiger partial charge in [-0.3, -0.25) is 4.79 Å². The van der Waals surface area contributed by atoms with Crippen LogP contribution in [0.4, 0.5) is 11.4 Å². The lowest BCUT2D eigenvalue weighted by Crippen LogP contribution is -2.48. The molecule has 2 heterocycles. The molecule has 5 N–H and O–H groups in total. The fourth-order valence-corrected chi connectivity index (χ4v) is 4.72. The number of nitrogens with one attached hydrogen (secondary N) is 2. The third-order valence-corrected chi connectivity index (χ3v) is 7.27. The first-order chi connectivity index (χ1) is 15.2. The highest BCUT2D eigenvalue weighted by Gasteiger charge is 2.40. The van der Waals surface area contributed by atoms with Crippen molar-refractivity contribution in [3.05, 3.63) is 68.9 Å². The quantitative estimate of drug-likeness (QED) is 0.401. The maximum Gasteiger partial charge on any atom is 0.268 e. The van der Waals surface area contributed by atoms with Gasteiger partial charge in [0.2, 0.25) is 0 Å². The number of nitrogens with two attached hydrogens (primary N) is 1. The van der Waals surface area contributed by atoms with Crippen molar-refractivity contribution in [1.82, 2.24) is 0 Å². The van der Waals surface area contributed by atoms with Gasteiger partial charge in [-0.2, -0.15) is 0 Å². The van der Waals surface area contributed by atoms with Crippen LogP contribution in [0.5, 0.6) is 11.5 Å². The fourth-order valence-electron chi connectivity index (χ4n) is 4.04. The summed E-state index contributed by atoms with van der Waals surface area (Å²) in [4.78, 5) is 14.2. The molecule has 0 fully saturated rings. The van der Waals surface area contributed by atoms with Crippen molar-refractivity contribution in [2.24, 2.45) is 5.73 Å². The zero-order valence-electron chi connectivity index (χ0n) is 18.8. The second kappa shape index (κ2) is 8.48. The Morgan fingerprint density at radius 1 is 1.12 bits per heavy atom. The lowest BCUT2D eigenvalue weighted by atomic mass is 9.86. The number of anilines is 2. The van der Waals surface area contributed by atoms with Gasteiger partial charge in [0.25, 0.3) is 5.91 Å². The third-order valence-electron chi connectivity index (χ3n) is 6.31. The number of carbonyl (C=O) groups excluding carboxylic acids is 1. The molecule has 32 heavy (non-hydrogen) atoms. The van der Waals surface area contributed by atoms with Gasteiger partial charge in [-0.25, -0.2) is 0 Å². The molecule has 0 saturated carbocycles. The maximum atomic E-state index is 13.1. The highest BCUT2D eigenvalue weighted by Crippen LogP contribution is 2.43. The van der Waals surface area contributed by atoms with Gasteiger partial charge in [0.1, 0.15) is 17.7 Å². The Morgan fingerprint density at radius 3 is 2.47 bits per heavy atom. The third kappa shape index (κ3) is 4.06. The minimum atomic E-state index is -0.994. The second-order valence-corrected chi connectivity index (χ2v) is 9.51. The molecule has 1 aliphatic rings. The summed E-state index contributed by atoms with van der Waals surface area (Å²) in [6.45, 7) is 7.50. The summed E-state index contributed by atoms with van der Waals surface area (Å²) in [7, 11) is 0. The van der Waals surface area contributed by atoms with Crippen molar-refractivity contribution in [3.8, 4) is 11.5 Å². The van der Waals surface area contributed by atoms with Gasteiger partial charge < -0.3 is 26.2 Å². The van der Waals surface area contributed by atoms with Crippen LogP contribution in [-0.4, -0.2) is 16.6 Å². The number of hydrogen-bond acceptors (Lipinski definition) is 6. The van der Waals surface area contributed by atoms with Crippen LogP contribution in [-0.2, 0) is 11.2 Å². The largest absolute Gasteiger partial charge is 0.507 e. The molecule has 3 aromatic rings. The fraction of sp³-hybridized carbons (Fsp3) is 0.320. The number of phenols is 1. The van der Waals surface area contributed by atoms with Crippen LogP contribution >= 0.6 is 11.3 Å². The minimum absolute atomic E-state index is 0.193. The van der Waals surface area contributed by atoms with E-state index in [1.165, 1.54) is 0 Å². The number of hydrogen-bond donors (Lipinski definition) is 4. The molecule has 2 unspecified atom stereocenters. The van der Waals surface area contributed by atoms with E-state index >= 15 is 0 Å². The molecule has 2 atom stereocenters. The van der Waals surface area contributed by atoms with Crippen molar-refractivity contribution < 1.29 is 14.6 Å². The normalized spacial score (nSPS) is 18.4. The number of thiophene rings is 1. The van der Waals surface area contributed by atoms with Crippen molar-refractivity contribution in [3.63, 3.8) is 0 Å². The molecule has 1 aliphatic heterocycles. The van der Waals surface area contributed by atoms with Gasteiger partial charge in [0, 0.05) is 28.2 Å². The van der Waals surface area contributed by atoms with Gasteiger partial charge in [0.05, 0.1) is 0 Å². The predicted octanol–water partition coefficient (Wildman–Crippen LogP) is 5.17. The Kier molecular flexibility index (Phi) is 5.88. The molecule has 0 bridgehead atoms. The molecule has 1 amide bonds. The molecule has 7 heteroatoms. The van der Waals surface area contributed by atoms with E-state index in [9.17, 15) is 9.90 Å². The van der Waals surface area contributed by atoms with Crippen LogP contribution in [0.25, 0.3) is 0 Å². The Labute approximate surface area is 192 Å². The number of phenolic OH excluding ortho intramolecular Hbond substituents is 1. The first-order valence-electron chi connectivity index (χ1n) is 10.7. The summed E-state index contributed by atoms with van der Waals surface area (Å²) < 4.78 is 6.27. The smallest absolute Gasteiger partial charge is 0.268 e. The summed E-state index contributed by atoms with van der Waals surface area (Å²) >= 11 is 1.60. The maximum absolute atomic E-state index is 13.1. The number of rotatable bonds is 5. The first kappa shape index (κ1) is 22.2. The van der Waals surface area contributed by atoms with E-state index in [1.54, 1.807) is 11.3 Å². The van der Waals surface area contributed by atoms with Crippen LogP contribution in [0.1, 0.15) is 46.6 Å². The summed E-state index contributed by atoms with van der Waals surface area (Å²) in [5.74, 6) is 0.830. The number of aromatic hydroxyl groups is 1. The number of carbonyl (C=O) groups is 1. The number of fused-ring (bicyclic) bond motifs is 1. The summed E-state index contributed by atoms with van der Waals surface area (Å²) in [5.41, 5.74) is 10.2. The molecular weight excluding hydrogens is 422 g/mol. The number of benzene rings is 2. The van der Waals surface area contributed by atoms with Gasteiger partial charge in [-0.15, -0.1) is 11.3 Å². The monoisotopic (exact) mass is 451 g/mol. The van der Waals surface area contributed by atoms with Crippen molar-refractivity contribution >= 4 is 28.6 Å². The molecule has 0 spiro atoms. The van der Waals surface area contributed by atoms with E-state index in [0.717, 1.165) is 32.8 Å². The summed E-state index contributed by atoms with van der Waals surface area (Å²) in [5, 5.41) is 18.6. The average Bonchev–Trinajstić information content (AvgIpc) is 3.32. The van der Waals surface area contributed by atoms with E-state index < -0.39 is 5.60 Å². The Morgan fingerprint density at radius 2 is 1.81 bits per heavy atom. The van der Waals surface area contributed by atoms with Crippen LogP contribution in [0.3, 0.4) is 0 Å². The van der Waals surface area contributed by atoms with Gasteiger partial charge >= 0.3 is 0 Å². The second-order valence-electron chi connectivity index (χ2n) is 8.53. The standard InChI is InChI=1S/C25H29N3O3S/c1-14-15(2)22-19(16(3)21(14)29)11-12-25(4,31-22)24(30)28-18-9-7-17(8-10-18)27-23(26)20-6-5-13-32-20/h5-10,13,23,27,29H,11-12,26H2,1-4H3,(H,28,30). The van der Waals surface area contributed by atoms with E-state index in [4.69, 9.17) is 10.5 Å². The molecule has 0 radical (unpaired) electrons. The molecule has 2 aromatic carbocycles. The van der Waals surface area contributed by atoms with Crippen LogP contribution in [0, 0.1) is 20.8 Å². The van der Waals surface area contributed by atoms with Crippen molar-refractivity contribution in [1.29, 1.82) is 0 Å². The topological polar surface area (TPSA) is 96.6 Å². The number of amides is 1. The Bertz CT molecular complexity index is 1140. The van der Waals surface area contributed by atoms with Crippen LogP contribution in [0.15, 0.2) is 41.8 Å². The molecular formula is C25H29N3O3S. The molecule has 168 valence electrons. The van der Waals surface area contributed by atoms with Gasteiger partial charge in [0.15, 0.2) is 5.60 Å². The van der Waals surface area contributed by atoms with Crippen LogP contribution in [0.2, 0.25) is 0 Å². The zero-order valence-corrected chi connectivity index (χ0v) is 19.6. The Hall–Kier alpha value is -3.03. The molecule has 0 aliphatic carbocycles. The highest BCUT2D eigenvalue weighted by atomic mass is 32.1. The van der Waals surface area contributed by atoms with Gasteiger partial charge in [-0.1, -0.05) is 6.07 Å². The lowest BCUT2D eigenvalue weighted by molar-refractivity contribution is -0.131. The predicted molar refractivity (Wildman–Crippen MR) is 130 cm³/mol. The summed E-state index contributed by atoms with van der Waals surface area (Å²) in [6, 6.07) is 11.4. The SMILES string of the molecule is Cc1c(C)c2c(c(C)c1O)CCC(C)(C(=O)Nc1ccc(NC(N)c3cccs3)cc1)O2. The minimum Gasteiger partial charge on any atom is -0.507 e. The molecule has 0 saturated heterocycles. The lowest BCUT2D eigenvalue weighted by Gasteiger charge is -2.36. The zero-order chi connectivity index (χ0) is 23.0. The first-order valence-corrected chi connectivity index (χ1v) is 11.5. The van der Waals surface area contributed by atoms with Crippen molar-refractivity contribution in [2.75, 3.05) is 10.6 Å². The average molecular weight is 452 g/mol. The van der Waals surface area contributed by atoms with Crippen LogP contribution < -0.4 is 21.1 Å². The Balaban J connectivity index is 1.46. The van der Waals surface area contributed by atoms with Crippen molar-refractivity contribution in [2.45, 2.75) is 52.3 Å². The molecule has 1 aromatic heterocycles. The van der Waals surface area contributed by atoms with E-state index in [2.05, 4.69) is 10.6 Å². The molecule has 6 nitrogen and oxygen atoms in total. The summed E-state index contributed by atoms with van der Waals surface area (Å²) in [6.07, 6.45) is 0.923. The van der Waals surface area contributed by atoms with E-state index in [0.29, 0.717) is 30.0 Å².